The van der Waals surface area contributed by atoms with Crippen LogP contribution in [0.2, 0.25) is 0 Å². The summed E-state index contributed by atoms with van der Waals surface area (Å²) in [6, 6.07) is 16.5. The van der Waals surface area contributed by atoms with Gasteiger partial charge in [0.05, 0.1) is 7.11 Å². The van der Waals surface area contributed by atoms with Gasteiger partial charge in [-0.05, 0) is 23.8 Å². The molecule has 0 radical (unpaired) electrons. The first-order chi connectivity index (χ1) is 9.33. The lowest BCUT2D eigenvalue weighted by atomic mass is 10.1. The number of para-hydroxylation sites is 1. The Labute approximate surface area is 114 Å². The first-order valence-electron chi connectivity index (χ1n) is 6.43. The number of methoxy groups -OCH3 is 1. The summed E-state index contributed by atoms with van der Waals surface area (Å²) in [5, 5.41) is 6.58. The van der Waals surface area contributed by atoms with Crippen molar-refractivity contribution in [2.45, 2.75) is 13.1 Å². The summed E-state index contributed by atoms with van der Waals surface area (Å²) >= 11 is 0. The van der Waals surface area contributed by atoms with Gasteiger partial charge >= 0.3 is 0 Å². The summed E-state index contributed by atoms with van der Waals surface area (Å²) in [7, 11) is 3.64. The maximum Gasteiger partial charge on any atom is 0.123 e. The van der Waals surface area contributed by atoms with Crippen LogP contribution in [-0.4, -0.2) is 14.2 Å². The van der Waals surface area contributed by atoms with Gasteiger partial charge in [0.2, 0.25) is 0 Å². The van der Waals surface area contributed by atoms with E-state index in [1.165, 1.54) is 11.1 Å². The lowest BCUT2D eigenvalue weighted by molar-refractivity contribution is 0.407. The van der Waals surface area contributed by atoms with Gasteiger partial charge in [0.15, 0.2) is 0 Å². The van der Waals surface area contributed by atoms with Crippen molar-refractivity contribution in [1.82, 2.24) is 5.32 Å². The molecule has 2 aromatic carbocycles. The van der Waals surface area contributed by atoms with Crippen molar-refractivity contribution >= 4 is 5.69 Å². The normalized spacial score (nSPS) is 10.2. The quantitative estimate of drug-likeness (QED) is 0.833. The van der Waals surface area contributed by atoms with Gasteiger partial charge in [-0.25, -0.2) is 0 Å². The highest BCUT2D eigenvalue weighted by Gasteiger charge is 2.01. The molecule has 0 saturated carbocycles. The number of benzene rings is 2. The molecular weight excluding hydrogens is 236 g/mol. The van der Waals surface area contributed by atoms with Crippen LogP contribution in [0, 0.1) is 0 Å². The van der Waals surface area contributed by atoms with Crippen LogP contribution in [0.4, 0.5) is 5.69 Å². The van der Waals surface area contributed by atoms with Gasteiger partial charge in [0.1, 0.15) is 5.75 Å². The molecule has 100 valence electrons. The summed E-state index contributed by atoms with van der Waals surface area (Å²) in [5.74, 6) is 0.930. The Kier molecular flexibility index (Phi) is 4.81. The van der Waals surface area contributed by atoms with Gasteiger partial charge in [-0.2, -0.15) is 0 Å². The lowest BCUT2D eigenvalue weighted by Gasteiger charge is -2.10. The van der Waals surface area contributed by atoms with E-state index in [2.05, 4.69) is 41.0 Å². The first kappa shape index (κ1) is 13.4. The molecule has 2 aromatic rings. The van der Waals surface area contributed by atoms with Crippen molar-refractivity contribution < 1.29 is 4.74 Å². The molecule has 0 bridgehead atoms. The Morgan fingerprint density at radius 2 is 1.84 bits per heavy atom. The predicted molar refractivity (Wildman–Crippen MR) is 79.5 cm³/mol. The second-order valence-corrected chi connectivity index (χ2v) is 4.37. The molecule has 3 nitrogen and oxygen atoms in total. The SMILES string of the molecule is CNc1cccc(CNCc2ccccc2OC)c1. The van der Waals surface area contributed by atoms with E-state index in [0.29, 0.717) is 0 Å². The second kappa shape index (κ2) is 6.81. The van der Waals surface area contributed by atoms with Crippen LogP contribution in [-0.2, 0) is 13.1 Å². The number of hydrogen-bond acceptors (Lipinski definition) is 3. The summed E-state index contributed by atoms with van der Waals surface area (Å²) in [5.41, 5.74) is 3.58. The molecule has 2 rings (SSSR count). The Morgan fingerprint density at radius 3 is 2.63 bits per heavy atom. The summed E-state index contributed by atoms with van der Waals surface area (Å²) < 4.78 is 5.33. The molecule has 0 spiro atoms. The van der Waals surface area contributed by atoms with Gasteiger partial charge in [-0.15, -0.1) is 0 Å². The van der Waals surface area contributed by atoms with Crippen LogP contribution >= 0.6 is 0 Å². The van der Waals surface area contributed by atoms with Crippen molar-refractivity contribution in [3.05, 3.63) is 59.7 Å². The largest absolute Gasteiger partial charge is 0.496 e. The molecule has 0 aliphatic carbocycles. The average Bonchev–Trinajstić information content (AvgIpc) is 2.48. The average molecular weight is 256 g/mol. The molecule has 0 aliphatic rings. The third-order valence-electron chi connectivity index (χ3n) is 3.05. The molecule has 0 saturated heterocycles. The van der Waals surface area contributed by atoms with Crippen LogP contribution in [0.5, 0.6) is 5.75 Å². The third kappa shape index (κ3) is 3.73. The number of rotatable bonds is 6. The van der Waals surface area contributed by atoms with Crippen molar-refractivity contribution in [3.63, 3.8) is 0 Å². The molecule has 0 heterocycles. The fourth-order valence-corrected chi connectivity index (χ4v) is 2.03. The van der Waals surface area contributed by atoms with E-state index < -0.39 is 0 Å². The van der Waals surface area contributed by atoms with Crippen LogP contribution in [0.25, 0.3) is 0 Å². The van der Waals surface area contributed by atoms with E-state index in [0.717, 1.165) is 24.5 Å². The Bertz CT molecular complexity index is 526. The smallest absolute Gasteiger partial charge is 0.123 e. The molecule has 0 aliphatic heterocycles. The van der Waals surface area contributed by atoms with Crippen molar-refractivity contribution in [1.29, 1.82) is 0 Å². The number of ether oxygens (including phenoxy) is 1. The summed E-state index contributed by atoms with van der Waals surface area (Å²) in [6.45, 7) is 1.64. The maximum atomic E-state index is 5.33. The van der Waals surface area contributed by atoms with Crippen molar-refractivity contribution in [2.24, 2.45) is 0 Å². The zero-order valence-corrected chi connectivity index (χ0v) is 11.4. The molecule has 0 unspecified atom stereocenters. The van der Waals surface area contributed by atoms with Gasteiger partial charge in [0.25, 0.3) is 0 Å². The minimum absolute atomic E-state index is 0.799. The predicted octanol–water partition coefficient (Wildman–Crippen LogP) is 3.03. The highest BCUT2D eigenvalue weighted by atomic mass is 16.5. The highest BCUT2D eigenvalue weighted by molar-refractivity contribution is 5.45. The standard InChI is InChI=1S/C16H20N2O/c1-17-15-8-5-6-13(10-15)11-18-12-14-7-3-4-9-16(14)19-2/h3-10,17-18H,11-12H2,1-2H3. The van der Waals surface area contributed by atoms with E-state index in [1.54, 1.807) is 7.11 Å². The number of anilines is 1. The summed E-state index contributed by atoms with van der Waals surface area (Å²) in [6.07, 6.45) is 0. The van der Waals surface area contributed by atoms with Crippen LogP contribution in [0.15, 0.2) is 48.5 Å². The molecule has 0 amide bonds. The summed E-state index contributed by atoms with van der Waals surface area (Å²) in [4.78, 5) is 0. The molecular formula is C16H20N2O. The number of nitrogens with one attached hydrogen (secondary N) is 2. The van der Waals surface area contributed by atoms with E-state index in [4.69, 9.17) is 4.74 Å². The fourth-order valence-electron chi connectivity index (χ4n) is 2.03. The molecule has 0 aromatic heterocycles. The third-order valence-corrected chi connectivity index (χ3v) is 3.05. The van der Waals surface area contributed by atoms with Gasteiger partial charge in [-0.3, -0.25) is 0 Å². The fraction of sp³-hybridized carbons (Fsp3) is 0.250. The highest BCUT2D eigenvalue weighted by Crippen LogP contribution is 2.17. The van der Waals surface area contributed by atoms with Gasteiger partial charge in [0, 0.05) is 31.4 Å². The van der Waals surface area contributed by atoms with Crippen molar-refractivity contribution in [3.8, 4) is 5.75 Å². The van der Waals surface area contributed by atoms with Crippen LogP contribution in [0.3, 0.4) is 0 Å². The minimum Gasteiger partial charge on any atom is -0.496 e. The molecule has 0 atom stereocenters. The zero-order chi connectivity index (χ0) is 13.5. The Balaban J connectivity index is 1.92. The van der Waals surface area contributed by atoms with E-state index in [-0.39, 0.29) is 0 Å². The second-order valence-electron chi connectivity index (χ2n) is 4.37. The minimum atomic E-state index is 0.799. The van der Waals surface area contributed by atoms with Crippen LogP contribution < -0.4 is 15.4 Å². The Hall–Kier alpha value is -2.00. The maximum absolute atomic E-state index is 5.33. The monoisotopic (exact) mass is 256 g/mol. The number of hydrogen-bond donors (Lipinski definition) is 2. The van der Waals surface area contributed by atoms with Gasteiger partial charge < -0.3 is 15.4 Å². The molecule has 3 heteroatoms. The Morgan fingerprint density at radius 1 is 1.00 bits per heavy atom. The topological polar surface area (TPSA) is 33.3 Å². The van der Waals surface area contributed by atoms with E-state index >= 15 is 0 Å². The van der Waals surface area contributed by atoms with Crippen molar-refractivity contribution in [2.75, 3.05) is 19.5 Å². The van der Waals surface area contributed by atoms with E-state index in [1.807, 2.05) is 25.2 Å². The lowest BCUT2D eigenvalue weighted by Crippen LogP contribution is -2.13. The molecule has 0 fully saturated rings. The van der Waals surface area contributed by atoms with Crippen LogP contribution in [0.1, 0.15) is 11.1 Å². The van der Waals surface area contributed by atoms with E-state index in [9.17, 15) is 0 Å². The molecule has 19 heavy (non-hydrogen) atoms. The zero-order valence-electron chi connectivity index (χ0n) is 11.4. The molecule has 2 N–H and O–H groups in total. The van der Waals surface area contributed by atoms with Gasteiger partial charge in [-0.1, -0.05) is 30.3 Å². The first-order valence-corrected chi connectivity index (χ1v) is 6.43.